The van der Waals surface area contributed by atoms with Crippen molar-refractivity contribution in [2.75, 3.05) is 0 Å². The zero-order valence-electron chi connectivity index (χ0n) is 57.7. The average molecular weight is 1440 g/mol. The highest BCUT2D eigenvalue weighted by Gasteiger charge is 2.52. The van der Waals surface area contributed by atoms with Crippen LogP contribution in [0, 0.1) is 0 Å². The number of fused-ring (bicyclic) bond motifs is 10. The molecule has 2 aliphatic carbocycles. The van der Waals surface area contributed by atoms with E-state index >= 15 is 0 Å². The summed E-state index contributed by atoms with van der Waals surface area (Å²) in [5.74, 6) is 0. The topological polar surface area (TPSA) is 342 Å². The molecule has 0 saturated heterocycles. The SMILES string of the molecule is O=c1ccn(Cc2ccc(Cn3cc(-c4ccc5c(c4)C4(c6cc(-c7cn(Cc8ccc(Cn9ccc(=O)[nH]c9=O)cc8)nn7)ccc6-5)c5cc(-c6cn(Cc7ccc(Cn8ccc(=O)[nH]c8=O)cc7)nn6)ccc5-c5ccc(-c6cn(Cc7ccc(Cn8ccc(=O)[nH]c8=O)cc7)nn6)cc54)nn3)cc2)c(=O)[nH]1. The van der Waals surface area contributed by atoms with Crippen molar-refractivity contribution < 1.29 is 0 Å². The first-order valence-corrected chi connectivity index (χ1v) is 34.8. The molecule has 0 atom stereocenters. The van der Waals surface area contributed by atoms with Crippen LogP contribution in [0.1, 0.15) is 66.8 Å². The minimum absolute atomic E-state index is 0.279. The summed E-state index contributed by atoms with van der Waals surface area (Å²) in [6.07, 6.45) is 13.7. The van der Waals surface area contributed by atoms with Gasteiger partial charge in [0.1, 0.15) is 22.8 Å². The molecule has 532 valence electrons. The molecule has 0 unspecified atom stereocenters. The Morgan fingerprint density at radius 1 is 0.248 bits per heavy atom. The highest BCUT2D eigenvalue weighted by atomic mass is 16.2. The number of rotatable bonds is 20. The number of nitrogens with one attached hydrogen (secondary N) is 4. The van der Waals surface area contributed by atoms with Crippen LogP contribution in [0.15, 0.2) is 282 Å². The number of H-pyrrole nitrogens is 4. The first kappa shape index (κ1) is 66.0. The van der Waals surface area contributed by atoms with Crippen molar-refractivity contribution >= 4 is 0 Å². The van der Waals surface area contributed by atoms with Crippen molar-refractivity contribution in [3.8, 4) is 67.3 Å². The maximum atomic E-state index is 12.5. The second kappa shape index (κ2) is 26.9. The van der Waals surface area contributed by atoms with Gasteiger partial charge in [0, 0.05) is 71.3 Å². The Kier molecular flexibility index (Phi) is 16.3. The van der Waals surface area contributed by atoms with Gasteiger partial charge >= 0.3 is 22.8 Å². The lowest BCUT2D eigenvalue weighted by atomic mass is 9.69. The Bertz CT molecular complexity index is 5970. The van der Waals surface area contributed by atoms with E-state index in [0.29, 0.717) is 49.0 Å². The summed E-state index contributed by atoms with van der Waals surface area (Å²) in [5, 5.41) is 37.9. The number of aromatic nitrogens is 20. The Labute approximate surface area is 614 Å². The van der Waals surface area contributed by atoms with Crippen LogP contribution in [0.4, 0.5) is 0 Å². The molecule has 0 amide bonds. The van der Waals surface area contributed by atoms with E-state index in [2.05, 4.69) is 114 Å². The normalized spacial score (nSPS) is 12.3. The highest BCUT2D eigenvalue weighted by Crippen LogP contribution is 2.64. The van der Waals surface area contributed by atoms with E-state index in [-0.39, 0.29) is 26.2 Å². The van der Waals surface area contributed by atoms with Crippen LogP contribution in [-0.2, 0) is 57.8 Å². The molecular weight excluding hydrogens is 1380 g/mol. The summed E-state index contributed by atoms with van der Waals surface area (Å²) >= 11 is 0. The second-order valence-electron chi connectivity index (χ2n) is 27.2. The van der Waals surface area contributed by atoms with Gasteiger partial charge in [-0.2, -0.15) is 0 Å². The van der Waals surface area contributed by atoms with Crippen molar-refractivity contribution in [1.82, 2.24) is 98.2 Å². The molecule has 0 radical (unpaired) electrons. The Hall–Kier alpha value is -15.0. The Morgan fingerprint density at radius 2 is 0.450 bits per heavy atom. The molecule has 2 aliphatic rings. The largest absolute Gasteiger partial charge is 0.328 e. The van der Waals surface area contributed by atoms with Gasteiger partial charge in [-0.3, -0.25) is 57.4 Å². The third kappa shape index (κ3) is 12.8. The van der Waals surface area contributed by atoms with Crippen LogP contribution < -0.4 is 45.0 Å². The maximum absolute atomic E-state index is 12.5. The lowest BCUT2D eigenvalue weighted by Crippen LogP contribution is -2.28. The van der Waals surface area contributed by atoms with E-state index < -0.39 is 50.4 Å². The van der Waals surface area contributed by atoms with E-state index in [1.165, 1.54) is 67.3 Å². The van der Waals surface area contributed by atoms with Crippen LogP contribution in [0.2, 0.25) is 0 Å². The Morgan fingerprint density at radius 3 is 0.651 bits per heavy atom. The van der Waals surface area contributed by atoms with Crippen LogP contribution in [0.25, 0.3) is 67.3 Å². The lowest BCUT2D eigenvalue weighted by Gasteiger charge is -2.31. The van der Waals surface area contributed by atoms with Gasteiger partial charge in [-0.05, 0) is 113 Å². The average Bonchev–Trinajstić information content (AvgIpc) is 1.50. The molecule has 28 nitrogen and oxygen atoms in total. The van der Waals surface area contributed by atoms with Crippen LogP contribution in [0.3, 0.4) is 0 Å². The fourth-order valence-electron chi connectivity index (χ4n) is 14.7. The van der Waals surface area contributed by atoms with Gasteiger partial charge in [-0.25, -0.2) is 37.9 Å². The zero-order valence-corrected chi connectivity index (χ0v) is 57.7. The molecule has 8 aromatic heterocycles. The lowest BCUT2D eigenvalue weighted by molar-refractivity contribution is 0.649. The van der Waals surface area contributed by atoms with Crippen molar-refractivity contribution in [2.24, 2.45) is 0 Å². The molecule has 4 N–H and O–H groups in total. The summed E-state index contributed by atoms with van der Waals surface area (Å²) in [6, 6.07) is 62.6. The predicted molar refractivity (Wildman–Crippen MR) is 403 cm³/mol. The molecule has 8 aromatic carbocycles. The summed E-state index contributed by atoms with van der Waals surface area (Å²) in [7, 11) is 0. The van der Waals surface area contributed by atoms with Gasteiger partial charge in [0.25, 0.3) is 22.2 Å². The van der Waals surface area contributed by atoms with Crippen molar-refractivity contribution in [2.45, 2.75) is 57.8 Å². The van der Waals surface area contributed by atoms with E-state index in [1.54, 1.807) is 18.7 Å². The fraction of sp³-hybridized carbons (Fsp3) is 0.111. The first-order valence-electron chi connectivity index (χ1n) is 34.8. The molecule has 0 bridgehead atoms. The molecule has 109 heavy (non-hydrogen) atoms. The predicted octanol–water partition coefficient (Wildman–Crippen LogP) is 6.85. The van der Waals surface area contributed by atoms with E-state index in [4.69, 9.17) is 20.4 Å². The van der Waals surface area contributed by atoms with Gasteiger partial charge in [-0.1, -0.05) is 166 Å². The maximum Gasteiger partial charge on any atom is 0.328 e. The molecule has 16 aromatic rings. The zero-order chi connectivity index (χ0) is 74.0. The summed E-state index contributed by atoms with van der Waals surface area (Å²) < 4.78 is 13.0. The summed E-state index contributed by atoms with van der Waals surface area (Å²) in [6.45, 7) is 2.73. The monoisotopic (exact) mass is 1440 g/mol. The second-order valence-corrected chi connectivity index (χ2v) is 27.2. The van der Waals surface area contributed by atoms with Crippen molar-refractivity contribution in [1.29, 1.82) is 0 Å². The molecule has 0 fully saturated rings. The third-order valence-electron chi connectivity index (χ3n) is 20.1. The number of benzene rings is 8. The number of hydrogen-bond acceptors (Lipinski definition) is 16. The molecular formula is C81H60N20O8. The van der Waals surface area contributed by atoms with Crippen LogP contribution in [0.5, 0.6) is 0 Å². The van der Waals surface area contributed by atoms with Crippen LogP contribution in [-0.4, -0.2) is 98.2 Å². The quantitative estimate of drug-likeness (QED) is 0.0606. The molecule has 0 aliphatic heterocycles. The van der Waals surface area contributed by atoms with Crippen LogP contribution >= 0.6 is 0 Å². The van der Waals surface area contributed by atoms with E-state index in [9.17, 15) is 38.4 Å². The first-order chi connectivity index (χ1) is 53.1. The van der Waals surface area contributed by atoms with Gasteiger partial charge < -0.3 is 0 Å². The Balaban J connectivity index is 0.725. The summed E-state index contributed by atoms with van der Waals surface area (Å²) in [5.41, 5.74) is 16.3. The van der Waals surface area contributed by atoms with Gasteiger partial charge in [-0.15, -0.1) is 20.4 Å². The van der Waals surface area contributed by atoms with Crippen molar-refractivity contribution in [3.63, 3.8) is 0 Å². The number of aromatic amines is 4. The molecule has 1 spiro atoms. The molecule has 28 heteroatoms. The number of hydrogen-bond donors (Lipinski definition) is 4. The van der Waals surface area contributed by atoms with Crippen molar-refractivity contribution in [3.05, 3.63) is 394 Å². The van der Waals surface area contributed by atoms with Gasteiger partial charge in [0.05, 0.1) is 82.6 Å². The molecule has 8 heterocycles. The van der Waals surface area contributed by atoms with Gasteiger partial charge in [0.15, 0.2) is 0 Å². The van der Waals surface area contributed by atoms with E-state index in [0.717, 1.165) is 111 Å². The standard InChI is InChI=1S/C81H60N20O8/c102-73-25-29-94(77(106)82-73)37-49-1-9-53(10-2-49)41-98-45-69(86-90-98)57-17-21-61-62-22-18-58(70-46-99(91-87-70)42-54-11-3-50(4-12-54)38-95-30-26-74(103)83-78(95)107)34-66(62)81(65(61)33-57)67-35-59(71-47-100(92-88-71)43-55-13-5-51(6-14-55)39-96-31-27-75(104)84-79(96)108)19-23-63(67)64-24-20-60(36-68(64)81)72-48-101(93-89-72)44-56-15-7-52(8-16-56)40-97-32-28-76(105)85-80(97)109/h1-36,45-48H,37-44H2,(H,82,102,106)(H,83,103,107)(H,84,104,108)(H,85,105,109). The molecule has 18 rings (SSSR count). The number of nitrogens with zero attached hydrogens (tertiary/aromatic N) is 16. The minimum atomic E-state index is -1.04. The highest BCUT2D eigenvalue weighted by molar-refractivity contribution is 5.98. The van der Waals surface area contributed by atoms with Gasteiger partial charge in [0.2, 0.25) is 0 Å². The van der Waals surface area contributed by atoms with E-state index in [1.807, 2.05) is 122 Å². The smallest absolute Gasteiger partial charge is 0.296 e. The fourth-order valence-corrected chi connectivity index (χ4v) is 14.7. The minimum Gasteiger partial charge on any atom is -0.296 e. The molecule has 0 saturated carbocycles. The summed E-state index contributed by atoms with van der Waals surface area (Å²) in [4.78, 5) is 106. The third-order valence-corrected chi connectivity index (χ3v) is 20.1.